The summed E-state index contributed by atoms with van der Waals surface area (Å²) in [4.78, 5) is 0. The summed E-state index contributed by atoms with van der Waals surface area (Å²) in [6.07, 6.45) is 0. The van der Waals surface area contributed by atoms with Gasteiger partial charge in [-0.2, -0.15) is 5.26 Å². The average molecular weight is 237 g/mol. The van der Waals surface area contributed by atoms with E-state index >= 15 is 0 Å². The number of benzene rings is 2. The predicted molar refractivity (Wildman–Crippen MR) is 74.8 cm³/mol. The molecule has 0 spiro atoms. The van der Waals surface area contributed by atoms with Crippen molar-refractivity contribution in [2.24, 2.45) is 0 Å². The molecule has 0 saturated heterocycles. The number of anilines is 3. The number of hydrogen-bond acceptors (Lipinski definition) is 3. The molecule has 3 nitrogen and oxygen atoms in total. The number of hydrogen-bond donors (Lipinski definition) is 2. The number of rotatable bonds is 2. The van der Waals surface area contributed by atoms with E-state index in [0.717, 1.165) is 11.4 Å². The van der Waals surface area contributed by atoms with Gasteiger partial charge in [-0.3, -0.25) is 0 Å². The first kappa shape index (κ1) is 12.0. The van der Waals surface area contributed by atoms with E-state index in [9.17, 15) is 0 Å². The minimum atomic E-state index is 0.568. The van der Waals surface area contributed by atoms with Gasteiger partial charge >= 0.3 is 0 Å². The van der Waals surface area contributed by atoms with E-state index < -0.39 is 0 Å². The highest BCUT2D eigenvalue weighted by Crippen LogP contribution is 2.26. The van der Waals surface area contributed by atoms with Crippen LogP contribution >= 0.6 is 0 Å². The van der Waals surface area contributed by atoms with Gasteiger partial charge in [0.1, 0.15) is 0 Å². The summed E-state index contributed by atoms with van der Waals surface area (Å²) >= 11 is 0. The molecule has 0 unspecified atom stereocenters. The first-order chi connectivity index (χ1) is 8.60. The summed E-state index contributed by atoms with van der Waals surface area (Å²) in [6.45, 7) is 4.11. The van der Waals surface area contributed by atoms with Crippen LogP contribution in [0.3, 0.4) is 0 Å². The maximum absolute atomic E-state index is 8.79. The Kier molecular flexibility index (Phi) is 3.20. The van der Waals surface area contributed by atoms with Crippen LogP contribution in [0.25, 0.3) is 0 Å². The zero-order valence-electron chi connectivity index (χ0n) is 10.5. The second kappa shape index (κ2) is 4.80. The maximum Gasteiger partial charge on any atom is 0.0992 e. The van der Waals surface area contributed by atoms with Crippen LogP contribution in [0.15, 0.2) is 36.4 Å². The van der Waals surface area contributed by atoms with Crippen molar-refractivity contribution in [1.29, 1.82) is 5.26 Å². The Bertz CT molecular complexity index is 624. The highest BCUT2D eigenvalue weighted by Gasteiger charge is 2.03. The van der Waals surface area contributed by atoms with Crippen molar-refractivity contribution in [2.45, 2.75) is 13.8 Å². The Labute approximate surface area is 107 Å². The van der Waals surface area contributed by atoms with E-state index in [1.807, 2.05) is 12.1 Å². The molecule has 2 rings (SSSR count). The molecule has 0 aliphatic rings. The molecule has 2 aromatic rings. The fourth-order valence-electron chi connectivity index (χ4n) is 1.85. The van der Waals surface area contributed by atoms with E-state index in [-0.39, 0.29) is 0 Å². The van der Waals surface area contributed by atoms with E-state index in [0.29, 0.717) is 11.3 Å². The number of nitrogens with zero attached hydrogens (tertiary/aromatic N) is 1. The van der Waals surface area contributed by atoms with Gasteiger partial charge in [0.2, 0.25) is 0 Å². The van der Waals surface area contributed by atoms with Gasteiger partial charge in [0.25, 0.3) is 0 Å². The number of nitriles is 1. The lowest BCUT2D eigenvalue weighted by Gasteiger charge is -2.12. The first-order valence-corrected chi connectivity index (χ1v) is 5.74. The molecule has 2 aromatic carbocycles. The maximum atomic E-state index is 8.79. The molecule has 3 N–H and O–H groups in total. The van der Waals surface area contributed by atoms with Crippen LogP contribution in [0, 0.1) is 25.2 Å². The molecule has 90 valence electrons. The first-order valence-electron chi connectivity index (χ1n) is 5.74. The van der Waals surface area contributed by atoms with Gasteiger partial charge < -0.3 is 11.1 Å². The highest BCUT2D eigenvalue weighted by atomic mass is 14.9. The van der Waals surface area contributed by atoms with Crippen LogP contribution in [0.5, 0.6) is 0 Å². The quantitative estimate of drug-likeness (QED) is 0.786. The van der Waals surface area contributed by atoms with Crippen LogP contribution in [0.2, 0.25) is 0 Å². The van der Waals surface area contributed by atoms with Crippen molar-refractivity contribution < 1.29 is 0 Å². The molecule has 0 atom stereocenters. The smallest absolute Gasteiger partial charge is 0.0992 e. The predicted octanol–water partition coefficient (Wildman–Crippen LogP) is 3.50. The van der Waals surface area contributed by atoms with Gasteiger partial charge in [-0.25, -0.2) is 0 Å². The van der Waals surface area contributed by atoms with Gasteiger partial charge in [0.05, 0.1) is 23.0 Å². The molecule has 0 aliphatic carbocycles. The lowest BCUT2D eigenvalue weighted by Crippen LogP contribution is -1.98. The fraction of sp³-hybridized carbons (Fsp3) is 0.133. The monoisotopic (exact) mass is 237 g/mol. The third-order valence-corrected chi connectivity index (χ3v) is 2.83. The summed E-state index contributed by atoms with van der Waals surface area (Å²) in [6, 6.07) is 13.5. The Morgan fingerprint density at radius 2 is 1.78 bits per heavy atom. The van der Waals surface area contributed by atoms with Gasteiger partial charge in [0, 0.05) is 5.69 Å². The molecule has 0 aliphatic heterocycles. The molecule has 0 aromatic heterocycles. The minimum absolute atomic E-state index is 0.568. The molecule has 0 heterocycles. The number of aryl methyl sites for hydroxylation is 2. The standard InChI is InChI=1S/C15H15N3/c1-10-3-5-14(11(2)7-10)18-15-6-4-12(9-16)8-13(15)17/h3-8,18H,17H2,1-2H3. The van der Waals surface area contributed by atoms with Gasteiger partial charge in [0.15, 0.2) is 0 Å². The SMILES string of the molecule is Cc1ccc(Nc2ccc(C#N)cc2N)c(C)c1. The van der Waals surface area contributed by atoms with Crippen molar-refractivity contribution in [3.8, 4) is 6.07 Å². The lowest BCUT2D eigenvalue weighted by molar-refractivity contribution is 1.37. The van der Waals surface area contributed by atoms with E-state index in [4.69, 9.17) is 11.0 Å². The number of nitrogen functional groups attached to an aromatic ring is 1. The second-order valence-corrected chi connectivity index (χ2v) is 4.36. The molecular formula is C15H15N3. The molecule has 0 fully saturated rings. The summed E-state index contributed by atoms with van der Waals surface area (Å²) < 4.78 is 0. The molecule has 0 amide bonds. The zero-order chi connectivity index (χ0) is 13.1. The van der Waals surface area contributed by atoms with Gasteiger partial charge in [-0.05, 0) is 43.7 Å². The normalized spacial score (nSPS) is 9.83. The zero-order valence-corrected chi connectivity index (χ0v) is 10.5. The molecule has 0 bridgehead atoms. The fourth-order valence-corrected chi connectivity index (χ4v) is 1.85. The van der Waals surface area contributed by atoms with Crippen molar-refractivity contribution in [3.05, 3.63) is 53.1 Å². The summed E-state index contributed by atoms with van der Waals surface area (Å²) in [5.41, 5.74) is 11.3. The van der Waals surface area contributed by atoms with Crippen molar-refractivity contribution >= 4 is 17.1 Å². The third kappa shape index (κ3) is 2.44. The molecule has 18 heavy (non-hydrogen) atoms. The average Bonchev–Trinajstić information content (AvgIpc) is 2.34. The summed E-state index contributed by atoms with van der Waals surface area (Å²) in [5.74, 6) is 0. The van der Waals surface area contributed by atoms with E-state index in [2.05, 4.69) is 37.4 Å². The Balaban J connectivity index is 2.32. The van der Waals surface area contributed by atoms with Gasteiger partial charge in [-0.1, -0.05) is 17.7 Å². The largest absolute Gasteiger partial charge is 0.397 e. The Morgan fingerprint density at radius 3 is 2.39 bits per heavy atom. The molecular weight excluding hydrogens is 222 g/mol. The summed E-state index contributed by atoms with van der Waals surface area (Å²) in [5, 5.41) is 12.1. The van der Waals surface area contributed by atoms with Gasteiger partial charge in [-0.15, -0.1) is 0 Å². The van der Waals surface area contributed by atoms with E-state index in [1.54, 1.807) is 12.1 Å². The second-order valence-electron chi connectivity index (χ2n) is 4.36. The Hall–Kier alpha value is -2.47. The van der Waals surface area contributed by atoms with E-state index in [1.165, 1.54) is 11.1 Å². The number of nitrogens with one attached hydrogen (secondary N) is 1. The summed E-state index contributed by atoms with van der Waals surface area (Å²) in [7, 11) is 0. The van der Waals surface area contributed by atoms with Crippen LogP contribution in [0.1, 0.15) is 16.7 Å². The van der Waals surface area contributed by atoms with Crippen LogP contribution in [-0.4, -0.2) is 0 Å². The minimum Gasteiger partial charge on any atom is -0.397 e. The van der Waals surface area contributed by atoms with Crippen LogP contribution < -0.4 is 11.1 Å². The van der Waals surface area contributed by atoms with Crippen molar-refractivity contribution in [1.82, 2.24) is 0 Å². The molecule has 0 saturated carbocycles. The lowest BCUT2D eigenvalue weighted by atomic mass is 10.1. The molecule has 0 radical (unpaired) electrons. The van der Waals surface area contributed by atoms with Crippen LogP contribution in [-0.2, 0) is 0 Å². The van der Waals surface area contributed by atoms with Crippen molar-refractivity contribution in [3.63, 3.8) is 0 Å². The topological polar surface area (TPSA) is 61.8 Å². The Morgan fingerprint density at radius 1 is 1.06 bits per heavy atom. The number of nitrogens with two attached hydrogens (primary N) is 1. The highest BCUT2D eigenvalue weighted by molar-refractivity contribution is 5.75. The third-order valence-electron chi connectivity index (χ3n) is 2.83. The molecule has 3 heteroatoms. The van der Waals surface area contributed by atoms with Crippen molar-refractivity contribution in [2.75, 3.05) is 11.1 Å². The van der Waals surface area contributed by atoms with Crippen LogP contribution in [0.4, 0.5) is 17.1 Å².